The summed E-state index contributed by atoms with van der Waals surface area (Å²) in [6.45, 7) is 1.21. The largest absolute Gasteiger partial charge is 0.395 e. The van der Waals surface area contributed by atoms with Crippen molar-refractivity contribution in [2.45, 2.75) is 19.1 Å². The summed E-state index contributed by atoms with van der Waals surface area (Å²) in [5.74, 6) is -1.84. The van der Waals surface area contributed by atoms with Crippen molar-refractivity contribution < 1.29 is 18.3 Å². The van der Waals surface area contributed by atoms with E-state index < -0.39 is 24.1 Å². The average molecular weight is 183 g/mol. The molecule has 5 heteroatoms. The Labute approximate surface area is 68.8 Å². The summed E-state index contributed by atoms with van der Waals surface area (Å²) in [5, 5.41) is 11.3. The number of hydrogen-bond donors (Lipinski definition) is 2. The quantitative estimate of drug-likeness (QED) is 0.629. The van der Waals surface area contributed by atoms with Crippen molar-refractivity contribution in [3.05, 3.63) is 0 Å². The lowest BCUT2D eigenvalue weighted by molar-refractivity contribution is -0.179. The molecule has 3 atom stereocenters. The molecule has 0 radical (unpaired) electrons. The fraction of sp³-hybridized carbons (Fsp3) is 1.00. The Balaban J connectivity index is 2.61. The van der Waals surface area contributed by atoms with Crippen LogP contribution in [0.3, 0.4) is 0 Å². The number of nitrogens with one attached hydrogen (secondary N) is 1. The lowest BCUT2D eigenvalue weighted by Gasteiger charge is -2.20. The molecule has 2 nitrogen and oxygen atoms in total. The van der Waals surface area contributed by atoms with Crippen molar-refractivity contribution in [2.75, 3.05) is 13.2 Å². The molecule has 1 aliphatic heterocycles. The van der Waals surface area contributed by atoms with Crippen LogP contribution in [-0.2, 0) is 0 Å². The van der Waals surface area contributed by atoms with E-state index in [1.165, 1.54) is 6.92 Å². The zero-order valence-corrected chi connectivity index (χ0v) is 6.73. The molecule has 1 rings (SSSR count). The van der Waals surface area contributed by atoms with Gasteiger partial charge >= 0.3 is 6.18 Å². The maximum atomic E-state index is 12.2. The molecule has 2 N–H and O–H groups in total. The summed E-state index contributed by atoms with van der Waals surface area (Å²) in [5.41, 5.74) is 0. The van der Waals surface area contributed by atoms with Crippen molar-refractivity contribution in [1.82, 2.24) is 5.32 Å². The van der Waals surface area contributed by atoms with Crippen molar-refractivity contribution in [3.63, 3.8) is 0 Å². The van der Waals surface area contributed by atoms with E-state index in [1.807, 2.05) is 0 Å². The fourth-order valence-corrected chi connectivity index (χ4v) is 1.58. The molecule has 1 fully saturated rings. The van der Waals surface area contributed by atoms with Crippen LogP contribution in [0.4, 0.5) is 13.2 Å². The maximum Gasteiger partial charge on any atom is 0.393 e. The fourth-order valence-electron chi connectivity index (χ4n) is 1.58. The number of rotatable bonds is 1. The van der Waals surface area contributed by atoms with Gasteiger partial charge in [-0.05, 0) is 5.92 Å². The van der Waals surface area contributed by atoms with Gasteiger partial charge in [-0.1, -0.05) is 6.92 Å². The zero-order chi connectivity index (χ0) is 9.35. The summed E-state index contributed by atoms with van der Waals surface area (Å²) in [6, 6.07) is -0.406. The average Bonchev–Trinajstić information content (AvgIpc) is 2.29. The first kappa shape index (κ1) is 9.80. The summed E-state index contributed by atoms with van der Waals surface area (Å²) >= 11 is 0. The Bertz CT molecular complexity index is 159. The number of halogens is 3. The topological polar surface area (TPSA) is 32.3 Å². The molecule has 0 aromatic heterocycles. The standard InChI is InChI=1S/C7H12F3NO/c1-4-5(7(8,9)10)2-11-6(4)3-12/h4-6,11-12H,2-3H2,1H3/t4-,5+,6+/m1/s1. The second kappa shape index (κ2) is 3.22. The van der Waals surface area contributed by atoms with E-state index in [4.69, 9.17) is 5.11 Å². The van der Waals surface area contributed by atoms with Gasteiger partial charge in [-0.15, -0.1) is 0 Å². The second-order valence-corrected chi connectivity index (χ2v) is 3.20. The Morgan fingerprint density at radius 3 is 2.33 bits per heavy atom. The van der Waals surface area contributed by atoms with Crippen LogP contribution in [0, 0.1) is 11.8 Å². The Morgan fingerprint density at radius 1 is 1.50 bits per heavy atom. The van der Waals surface area contributed by atoms with Crippen LogP contribution in [-0.4, -0.2) is 30.5 Å². The first-order valence-electron chi connectivity index (χ1n) is 3.87. The third kappa shape index (κ3) is 1.72. The molecule has 1 saturated heterocycles. The van der Waals surface area contributed by atoms with Gasteiger partial charge in [0.1, 0.15) is 0 Å². The van der Waals surface area contributed by atoms with Crippen molar-refractivity contribution in [1.29, 1.82) is 0 Å². The zero-order valence-electron chi connectivity index (χ0n) is 6.73. The van der Waals surface area contributed by atoms with Crippen LogP contribution in [0.5, 0.6) is 0 Å². The minimum Gasteiger partial charge on any atom is -0.395 e. The molecule has 72 valence electrons. The lowest BCUT2D eigenvalue weighted by Crippen LogP contribution is -2.31. The highest BCUT2D eigenvalue weighted by Crippen LogP contribution is 2.36. The van der Waals surface area contributed by atoms with Gasteiger partial charge in [0.15, 0.2) is 0 Å². The van der Waals surface area contributed by atoms with Gasteiger partial charge in [0.25, 0.3) is 0 Å². The number of aliphatic hydroxyl groups excluding tert-OH is 1. The van der Waals surface area contributed by atoms with E-state index in [1.54, 1.807) is 0 Å². The molecule has 1 heterocycles. The predicted molar refractivity (Wildman–Crippen MR) is 37.6 cm³/mol. The SMILES string of the molecule is C[C@H]1[C@H](CO)NC[C@@H]1C(F)(F)F. The monoisotopic (exact) mass is 183 g/mol. The summed E-state index contributed by atoms with van der Waals surface area (Å²) < 4.78 is 36.6. The summed E-state index contributed by atoms with van der Waals surface area (Å²) in [6.07, 6.45) is -4.14. The Hall–Kier alpha value is -0.290. The third-order valence-electron chi connectivity index (χ3n) is 2.49. The summed E-state index contributed by atoms with van der Waals surface area (Å²) in [7, 11) is 0. The Kier molecular flexibility index (Phi) is 2.63. The van der Waals surface area contributed by atoms with E-state index in [2.05, 4.69) is 5.32 Å². The van der Waals surface area contributed by atoms with Crippen molar-refractivity contribution in [2.24, 2.45) is 11.8 Å². The Morgan fingerprint density at radius 2 is 2.08 bits per heavy atom. The van der Waals surface area contributed by atoms with Gasteiger partial charge < -0.3 is 10.4 Å². The molecule has 0 spiro atoms. The molecule has 1 aliphatic rings. The normalized spacial score (nSPS) is 37.2. The highest BCUT2D eigenvalue weighted by Gasteiger charge is 2.48. The highest BCUT2D eigenvalue weighted by atomic mass is 19.4. The third-order valence-corrected chi connectivity index (χ3v) is 2.49. The van der Waals surface area contributed by atoms with Crippen LogP contribution in [0.25, 0.3) is 0 Å². The first-order valence-corrected chi connectivity index (χ1v) is 3.87. The smallest absolute Gasteiger partial charge is 0.393 e. The van der Waals surface area contributed by atoms with Crippen molar-refractivity contribution >= 4 is 0 Å². The highest BCUT2D eigenvalue weighted by molar-refractivity contribution is 4.90. The molecule has 12 heavy (non-hydrogen) atoms. The molecule has 0 saturated carbocycles. The van der Waals surface area contributed by atoms with E-state index in [9.17, 15) is 13.2 Å². The number of aliphatic hydroxyl groups is 1. The first-order chi connectivity index (χ1) is 5.46. The maximum absolute atomic E-state index is 12.2. The second-order valence-electron chi connectivity index (χ2n) is 3.20. The molecular formula is C7H12F3NO. The minimum absolute atomic E-state index is 0.0735. The van der Waals surface area contributed by atoms with E-state index >= 15 is 0 Å². The van der Waals surface area contributed by atoms with Gasteiger partial charge in [0.05, 0.1) is 12.5 Å². The van der Waals surface area contributed by atoms with Gasteiger partial charge in [-0.25, -0.2) is 0 Å². The van der Waals surface area contributed by atoms with Crippen LogP contribution in [0.2, 0.25) is 0 Å². The van der Waals surface area contributed by atoms with Crippen LogP contribution in [0.1, 0.15) is 6.92 Å². The van der Waals surface area contributed by atoms with E-state index in [0.29, 0.717) is 0 Å². The van der Waals surface area contributed by atoms with Gasteiger partial charge in [0.2, 0.25) is 0 Å². The van der Waals surface area contributed by atoms with Crippen LogP contribution in [0.15, 0.2) is 0 Å². The molecule has 0 unspecified atom stereocenters. The van der Waals surface area contributed by atoms with E-state index in [-0.39, 0.29) is 13.2 Å². The molecule has 0 aliphatic carbocycles. The van der Waals surface area contributed by atoms with Crippen LogP contribution < -0.4 is 5.32 Å². The molecular weight excluding hydrogens is 171 g/mol. The summed E-state index contributed by atoms with van der Waals surface area (Å²) in [4.78, 5) is 0. The molecule has 0 amide bonds. The molecule has 0 bridgehead atoms. The van der Waals surface area contributed by atoms with Crippen molar-refractivity contribution in [3.8, 4) is 0 Å². The molecule has 0 aromatic rings. The van der Waals surface area contributed by atoms with E-state index in [0.717, 1.165) is 0 Å². The lowest BCUT2D eigenvalue weighted by atomic mass is 9.92. The molecule has 0 aromatic carbocycles. The van der Waals surface area contributed by atoms with Gasteiger partial charge in [-0.2, -0.15) is 13.2 Å². The number of alkyl halides is 3. The van der Waals surface area contributed by atoms with Crippen LogP contribution >= 0.6 is 0 Å². The van der Waals surface area contributed by atoms with Gasteiger partial charge in [0, 0.05) is 12.6 Å². The predicted octanol–water partition coefficient (Wildman–Crippen LogP) is 0.765. The minimum atomic E-state index is -4.14. The number of hydrogen-bond acceptors (Lipinski definition) is 2. The van der Waals surface area contributed by atoms with Gasteiger partial charge in [-0.3, -0.25) is 0 Å².